The van der Waals surface area contributed by atoms with Crippen molar-refractivity contribution in [2.75, 3.05) is 26.0 Å². The molecule has 4 heteroatoms. The number of likely N-dealkylation sites (N-methyl/N-ethyl adjacent to an activating group) is 1. The van der Waals surface area contributed by atoms with Crippen LogP contribution in [-0.2, 0) is 6.42 Å². The van der Waals surface area contributed by atoms with Gasteiger partial charge in [0.05, 0.1) is 0 Å². The second-order valence-corrected chi connectivity index (χ2v) is 7.94. The number of H-pyrrole nitrogens is 1. The summed E-state index contributed by atoms with van der Waals surface area (Å²) < 4.78 is 0. The van der Waals surface area contributed by atoms with Crippen LogP contribution >= 0.6 is 0 Å². The summed E-state index contributed by atoms with van der Waals surface area (Å²) in [7, 11) is 4.16. The first-order valence-corrected chi connectivity index (χ1v) is 10.2. The molecule has 0 spiro atoms. The number of amides is 1. The summed E-state index contributed by atoms with van der Waals surface area (Å²) in [6, 6.07) is 23.9. The van der Waals surface area contributed by atoms with E-state index in [0.29, 0.717) is 5.56 Å². The minimum Gasteiger partial charge on any atom is -0.358 e. The van der Waals surface area contributed by atoms with Gasteiger partial charge in [0.2, 0.25) is 0 Å². The summed E-state index contributed by atoms with van der Waals surface area (Å²) in [4.78, 5) is 18.4. The van der Waals surface area contributed by atoms with E-state index in [1.54, 1.807) is 0 Å². The van der Waals surface area contributed by atoms with Gasteiger partial charge in [-0.25, -0.2) is 0 Å². The second-order valence-electron chi connectivity index (χ2n) is 7.94. The number of rotatable bonds is 6. The van der Waals surface area contributed by atoms with Crippen molar-refractivity contribution in [3.63, 3.8) is 0 Å². The number of carbonyl (C=O) groups excluding carboxylic acids is 1. The molecule has 30 heavy (non-hydrogen) atoms. The topological polar surface area (TPSA) is 48.1 Å². The second kappa shape index (κ2) is 8.56. The van der Waals surface area contributed by atoms with Crippen molar-refractivity contribution in [1.82, 2.24) is 9.88 Å². The smallest absolute Gasteiger partial charge is 0.255 e. The van der Waals surface area contributed by atoms with Crippen LogP contribution in [0.2, 0.25) is 0 Å². The highest BCUT2D eigenvalue weighted by Gasteiger charge is 2.12. The Labute approximate surface area is 177 Å². The molecule has 4 aromatic rings. The van der Waals surface area contributed by atoms with Crippen molar-refractivity contribution >= 4 is 22.5 Å². The molecule has 4 nitrogen and oxygen atoms in total. The lowest BCUT2D eigenvalue weighted by Gasteiger charge is -2.10. The quantitative estimate of drug-likeness (QED) is 0.451. The van der Waals surface area contributed by atoms with Crippen LogP contribution in [0.5, 0.6) is 0 Å². The van der Waals surface area contributed by atoms with E-state index in [0.717, 1.165) is 35.3 Å². The molecule has 0 unspecified atom stereocenters. The molecule has 0 aliphatic carbocycles. The molecular formula is C26H27N3O. The maximum Gasteiger partial charge on any atom is 0.255 e. The Morgan fingerprint density at radius 3 is 2.33 bits per heavy atom. The predicted octanol–water partition coefficient (Wildman–Crippen LogP) is 5.50. The number of nitrogens with one attached hydrogen (secondary N) is 2. The number of benzene rings is 3. The number of aromatic nitrogens is 1. The zero-order valence-corrected chi connectivity index (χ0v) is 17.7. The zero-order valence-electron chi connectivity index (χ0n) is 17.7. The summed E-state index contributed by atoms with van der Waals surface area (Å²) in [6.07, 6.45) is 0.969. The van der Waals surface area contributed by atoms with Gasteiger partial charge in [-0.2, -0.15) is 0 Å². The number of anilines is 1. The fraction of sp³-hybridized carbons (Fsp3) is 0.192. The monoisotopic (exact) mass is 397 g/mol. The minimum atomic E-state index is -0.101. The average molecular weight is 398 g/mol. The molecule has 0 saturated heterocycles. The van der Waals surface area contributed by atoms with Gasteiger partial charge in [-0.1, -0.05) is 42.5 Å². The summed E-state index contributed by atoms with van der Waals surface area (Å²) in [5.41, 5.74) is 7.29. The van der Waals surface area contributed by atoms with Crippen LogP contribution in [0.25, 0.3) is 22.0 Å². The van der Waals surface area contributed by atoms with Gasteiger partial charge < -0.3 is 15.2 Å². The van der Waals surface area contributed by atoms with Crippen LogP contribution in [0.15, 0.2) is 72.8 Å². The largest absolute Gasteiger partial charge is 0.358 e. The first-order chi connectivity index (χ1) is 14.5. The minimum absolute atomic E-state index is 0.101. The van der Waals surface area contributed by atoms with Crippen LogP contribution < -0.4 is 5.32 Å². The fourth-order valence-corrected chi connectivity index (χ4v) is 3.77. The van der Waals surface area contributed by atoms with Gasteiger partial charge in [0.1, 0.15) is 0 Å². The van der Waals surface area contributed by atoms with Gasteiger partial charge in [0.15, 0.2) is 0 Å². The first kappa shape index (κ1) is 19.9. The van der Waals surface area contributed by atoms with Crippen molar-refractivity contribution in [3.8, 4) is 11.1 Å². The Morgan fingerprint density at radius 2 is 1.63 bits per heavy atom. The Bertz CT molecular complexity index is 1160. The number of carbonyl (C=O) groups is 1. The summed E-state index contributed by atoms with van der Waals surface area (Å²) in [5, 5.41) is 4.22. The van der Waals surface area contributed by atoms with E-state index in [-0.39, 0.29) is 5.91 Å². The molecule has 1 heterocycles. The van der Waals surface area contributed by atoms with Crippen LogP contribution in [0, 0.1) is 6.92 Å². The lowest BCUT2D eigenvalue weighted by atomic mass is 10.0. The van der Waals surface area contributed by atoms with Gasteiger partial charge in [0, 0.05) is 34.4 Å². The Balaban J connectivity index is 1.53. The lowest BCUT2D eigenvalue weighted by Crippen LogP contribution is -2.15. The van der Waals surface area contributed by atoms with Crippen LogP contribution in [0.1, 0.15) is 21.6 Å². The lowest BCUT2D eigenvalue weighted by molar-refractivity contribution is 0.102. The maximum atomic E-state index is 12.8. The predicted molar refractivity (Wildman–Crippen MR) is 125 cm³/mol. The molecular weight excluding hydrogens is 370 g/mol. The Hall–Kier alpha value is -3.37. The molecule has 0 radical (unpaired) electrons. The van der Waals surface area contributed by atoms with Crippen molar-refractivity contribution in [1.29, 1.82) is 0 Å². The highest BCUT2D eigenvalue weighted by Crippen LogP contribution is 2.26. The molecule has 0 fully saturated rings. The van der Waals surface area contributed by atoms with E-state index in [9.17, 15) is 4.79 Å². The van der Waals surface area contributed by atoms with Crippen LogP contribution in [-0.4, -0.2) is 36.4 Å². The van der Waals surface area contributed by atoms with Crippen molar-refractivity contribution in [2.45, 2.75) is 13.3 Å². The van der Waals surface area contributed by atoms with Gasteiger partial charge in [-0.15, -0.1) is 0 Å². The van der Waals surface area contributed by atoms with Gasteiger partial charge >= 0.3 is 0 Å². The molecule has 4 rings (SSSR count). The van der Waals surface area contributed by atoms with Gasteiger partial charge in [-0.3, -0.25) is 4.79 Å². The Morgan fingerprint density at radius 1 is 0.933 bits per heavy atom. The van der Waals surface area contributed by atoms with Crippen molar-refractivity contribution < 1.29 is 4.79 Å². The Kier molecular flexibility index (Phi) is 5.68. The molecule has 152 valence electrons. The highest BCUT2D eigenvalue weighted by atomic mass is 16.1. The average Bonchev–Trinajstić information content (AvgIpc) is 3.07. The standard InChI is InChI=1S/C26H27N3O/c1-18-23(15-16-29(2)3)24-17-22(13-14-25(24)27-18)28-26(30)21-11-9-20(10-12-21)19-7-5-4-6-8-19/h4-14,17,27H,15-16H2,1-3H3,(H,28,30). The third-order valence-corrected chi connectivity index (χ3v) is 5.44. The molecule has 0 saturated carbocycles. The van der Waals surface area contributed by atoms with E-state index < -0.39 is 0 Å². The van der Waals surface area contributed by atoms with E-state index in [4.69, 9.17) is 0 Å². The van der Waals surface area contributed by atoms with E-state index in [1.807, 2.05) is 54.6 Å². The normalized spacial score (nSPS) is 11.2. The summed E-state index contributed by atoms with van der Waals surface area (Å²) in [5.74, 6) is -0.101. The number of hydrogen-bond donors (Lipinski definition) is 2. The maximum absolute atomic E-state index is 12.8. The number of hydrogen-bond acceptors (Lipinski definition) is 2. The first-order valence-electron chi connectivity index (χ1n) is 10.2. The molecule has 1 aromatic heterocycles. The van der Waals surface area contributed by atoms with E-state index in [2.05, 4.69) is 54.4 Å². The summed E-state index contributed by atoms with van der Waals surface area (Å²) >= 11 is 0. The fourth-order valence-electron chi connectivity index (χ4n) is 3.77. The van der Waals surface area contributed by atoms with Crippen molar-refractivity contribution in [2.24, 2.45) is 0 Å². The molecule has 1 amide bonds. The molecule has 3 aromatic carbocycles. The SMILES string of the molecule is Cc1[nH]c2ccc(NC(=O)c3ccc(-c4ccccc4)cc3)cc2c1CCN(C)C. The number of aryl methyl sites for hydroxylation is 1. The zero-order chi connectivity index (χ0) is 21.1. The van der Waals surface area contributed by atoms with E-state index in [1.165, 1.54) is 16.6 Å². The molecule has 2 N–H and O–H groups in total. The third-order valence-electron chi connectivity index (χ3n) is 5.44. The third kappa shape index (κ3) is 4.29. The molecule has 0 bridgehead atoms. The molecule has 0 aliphatic rings. The van der Waals surface area contributed by atoms with Gasteiger partial charge in [-0.05, 0) is 74.5 Å². The number of nitrogens with zero attached hydrogens (tertiary/aromatic N) is 1. The molecule has 0 atom stereocenters. The van der Waals surface area contributed by atoms with Crippen LogP contribution in [0.4, 0.5) is 5.69 Å². The number of fused-ring (bicyclic) bond motifs is 1. The van der Waals surface area contributed by atoms with Gasteiger partial charge in [0.25, 0.3) is 5.91 Å². The van der Waals surface area contributed by atoms with E-state index >= 15 is 0 Å². The number of aromatic amines is 1. The van der Waals surface area contributed by atoms with Crippen LogP contribution in [0.3, 0.4) is 0 Å². The molecule has 0 aliphatic heterocycles. The highest BCUT2D eigenvalue weighted by molar-refractivity contribution is 6.05. The summed E-state index contributed by atoms with van der Waals surface area (Å²) in [6.45, 7) is 3.09. The van der Waals surface area contributed by atoms with Crippen molar-refractivity contribution in [3.05, 3.63) is 89.6 Å².